The Kier molecular flexibility index (Phi) is 5.84. The molecule has 0 saturated carbocycles. The normalized spacial score (nSPS) is 16.6. The van der Waals surface area contributed by atoms with Gasteiger partial charge >= 0.3 is 5.97 Å². The number of piperidine rings is 1. The number of hydrogen-bond acceptors (Lipinski definition) is 5. The number of rotatable bonds is 5. The Hall–Kier alpha value is -1.93. The van der Waals surface area contributed by atoms with Crippen molar-refractivity contribution in [3.63, 3.8) is 0 Å². The van der Waals surface area contributed by atoms with E-state index in [-0.39, 0.29) is 10.5 Å². The summed E-state index contributed by atoms with van der Waals surface area (Å²) >= 11 is 0. The summed E-state index contributed by atoms with van der Waals surface area (Å²) in [6.07, 6.45) is 1.63. The van der Waals surface area contributed by atoms with Crippen LogP contribution in [0.4, 0.5) is 0 Å². The van der Waals surface area contributed by atoms with Crippen LogP contribution in [0.3, 0.4) is 0 Å². The predicted molar refractivity (Wildman–Crippen MR) is 92.5 cm³/mol. The Balaban J connectivity index is 2.36. The lowest BCUT2D eigenvalue weighted by molar-refractivity contribution is -0.121. The lowest BCUT2D eigenvalue weighted by atomic mass is 10.0. The summed E-state index contributed by atoms with van der Waals surface area (Å²) in [6.45, 7) is 5.95. The highest BCUT2D eigenvalue weighted by Gasteiger charge is 2.30. The van der Waals surface area contributed by atoms with Gasteiger partial charge in [0.25, 0.3) is 5.91 Å². The Bertz CT molecular complexity index is 780. The van der Waals surface area contributed by atoms with E-state index >= 15 is 0 Å². The number of sulfonamides is 1. The lowest BCUT2D eigenvalue weighted by Gasteiger charge is -2.30. The van der Waals surface area contributed by atoms with Gasteiger partial charge in [-0.1, -0.05) is 6.92 Å². The minimum Gasteiger partial charge on any atom is -0.452 e. The number of amides is 1. The Morgan fingerprint density at radius 2 is 1.84 bits per heavy atom. The van der Waals surface area contributed by atoms with Gasteiger partial charge in [-0.2, -0.15) is 4.31 Å². The van der Waals surface area contributed by atoms with Gasteiger partial charge in [0.15, 0.2) is 6.61 Å². The summed E-state index contributed by atoms with van der Waals surface area (Å²) in [5.41, 5.74) is 6.32. The van der Waals surface area contributed by atoms with Crippen LogP contribution in [-0.4, -0.2) is 44.3 Å². The van der Waals surface area contributed by atoms with Crippen LogP contribution >= 0.6 is 0 Å². The second-order valence-electron chi connectivity index (χ2n) is 6.55. The first-order chi connectivity index (χ1) is 11.6. The molecule has 1 aliphatic heterocycles. The molecule has 7 nitrogen and oxygen atoms in total. The number of nitrogens with two attached hydrogens (primary N) is 1. The molecule has 2 N–H and O–H groups in total. The van der Waals surface area contributed by atoms with Gasteiger partial charge in [-0.05, 0) is 55.9 Å². The van der Waals surface area contributed by atoms with Crippen molar-refractivity contribution in [1.82, 2.24) is 4.31 Å². The van der Waals surface area contributed by atoms with Gasteiger partial charge in [0.1, 0.15) is 0 Å². The van der Waals surface area contributed by atoms with Crippen molar-refractivity contribution in [2.75, 3.05) is 19.7 Å². The quantitative estimate of drug-likeness (QED) is 0.790. The SMILES string of the molecule is Cc1cc(C(=O)OCC(N)=O)cc(S(=O)(=O)N2CCC(C)CC2)c1C. The van der Waals surface area contributed by atoms with Crippen molar-refractivity contribution in [2.24, 2.45) is 11.7 Å². The number of carbonyl (C=O) groups is 2. The fourth-order valence-electron chi connectivity index (χ4n) is 2.80. The van der Waals surface area contributed by atoms with Crippen molar-refractivity contribution in [1.29, 1.82) is 0 Å². The van der Waals surface area contributed by atoms with E-state index in [0.29, 0.717) is 30.1 Å². The summed E-state index contributed by atoms with van der Waals surface area (Å²) < 4.78 is 32.3. The molecule has 1 amide bonds. The molecule has 1 saturated heterocycles. The van der Waals surface area contributed by atoms with E-state index in [1.54, 1.807) is 19.9 Å². The van der Waals surface area contributed by atoms with Crippen LogP contribution < -0.4 is 5.73 Å². The van der Waals surface area contributed by atoms with Gasteiger partial charge in [-0.25, -0.2) is 13.2 Å². The van der Waals surface area contributed by atoms with Crippen LogP contribution in [0.2, 0.25) is 0 Å². The van der Waals surface area contributed by atoms with E-state index in [0.717, 1.165) is 12.8 Å². The molecule has 0 spiro atoms. The molecule has 0 aromatic heterocycles. The average molecular weight is 368 g/mol. The van der Waals surface area contributed by atoms with Crippen LogP contribution in [0.5, 0.6) is 0 Å². The van der Waals surface area contributed by atoms with Gasteiger partial charge in [0.05, 0.1) is 10.5 Å². The first-order valence-electron chi connectivity index (χ1n) is 8.19. The van der Waals surface area contributed by atoms with Gasteiger partial charge in [0, 0.05) is 13.1 Å². The summed E-state index contributed by atoms with van der Waals surface area (Å²) in [5.74, 6) is -1.04. The number of ether oxygens (including phenoxy) is 1. The highest BCUT2D eigenvalue weighted by atomic mass is 32.2. The van der Waals surface area contributed by atoms with E-state index in [1.807, 2.05) is 0 Å². The Labute approximate surface area is 148 Å². The van der Waals surface area contributed by atoms with Crippen LogP contribution in [0.1, 0.15) is 41.3 Å². The maximum Gasteiger partial charge on any atom is 0.338 e. The summed E-state index contributed by atoms with van der Waals surface area (Å²) in [7, 11) is -3.69. The third kappa shape index (κ3) is 4.38. The number of primary amides is 1. The summed E-state index contributed by atoms with van der Waals surface area (Å²) in [4.78, 5) is 22.9. The van der Waals surface area contributed by atoms with Gasteiger partial charge in [-0.3, -0.25) is 4.79 Å². The standard InChI is InChI=1S/C17H24N2O5S/c1-11-4-6-19(7-5-11)25(22,23)15-9-14(8-12(2)13(15)3)17(21)24-10-16(18)20/h8-9,11H,4-7,10H2,1-3H3,(H2,18,20). The number of benzene rings is 1. The molecule has 8 heteroatoms. The van der Waals surface area contributed by atoms with Gasteiger partial charge in [0.2, 0.25) is 10.0 Å². The Morgan fingerprint density at radius 1 is 1.24 bits per heavy atom. The van der Waals surface area contributed by atoms with Crippen LogP contribution in [-0.2, 0) is 19.6 Å². The van der Waals surface area contributed by atoms with Crippen molar-refractivity contribution in [3.8, 4) is 0 Å². The minimum absolute atomic E-state index is 0.0910. The predicted octanol–water partition coefficient (Wildman–Crippen LogP) is 1.37. The van der Waals surface area contributed by atoms with Crippen molar-refractivity contribution in [3.05, 3.63) is 28.8 Å². The molecule has 1 fully saturated rings. The molecule has 0 atom stereocenters. The molecule has 1 heterocycles. The van der Waals surface area contributed by atoms with Crippen LogP contribution in [0.15, 0.2) is 17.0 Å². The van der Waals surface area contributed by atoms with E-state index in [1.165, 1.54) is 10.4 Å². The number of aryl methyl sites for hydroxylation is 1. The maximum atomic E-state index is 13.0. The second kappa shape index (κ2) is 7.53. The molecule has 0 radical (unpaired) electrons. The first-order valence-corrected chi connectivity index (χ1v) is 9.63. The molecule has 1 aromatic carbocycles. The molecule has 1 aromatic rings. The number of esters is 1. The third-order valence-corrected chi connectivity index (χ3v) is 6.59. The molecular formula is C17H24N2O5S. The van der Waals surface area contributed by atoms with Crippen LogP contribution in [0.25, 0.3) is 0 Å². The Morgan fingerprint density at radius 3 is 2.40 bits per heavy atom. The lowest BCUT2D eigenvalue weighted by Crippen LogP contribution is -2.38. The molecule has 2 rings (SSSR count). The zero-order chi connectivity index (χ0) is 18.8. The van der Waals surface area contributed by atoms with E-state index in [4.69, 9.17) is 10.5 Å². The minimum atomic E-state index is -3.69. The molecule has 138 valence electrons. The molecule has 1 aliphatic rings. The smallest absolute Gasteiger partial charge is 0.338 e. The van der Waals surface area contributed by atoms with Gasteiger partial charge < -0.3 is 10.5 Å². The topological polar surface area (TPSA) is 107 Å². The zero-order valence-corrected chi connectivity index (χ0v) is 15.6. The summed E-state index contributed by atoms with van der Waals surface area (Å²) in [5, 5.41) is 0. The van der Waals surface area contributed by atoms with Crippen molar-refractivity contribution in [2.45, 2.75) is 38.5 Å². The third-order valence-electron chi connectivity index (χ3n) is 4.56. The highest BCUT2D eigenvalue weighted by Crippen LogP contribution is 2.28. The number of carbonyl (C=O) groups excluding carboxylic acids is 2. The highest BCUT2D eigenvalue weighted by molar-refractivity contribution is 7.89. The molecule has 0 aliphatic carbocycles. The van der Waals surface area contributed by atoms with E-state index in [9.17, 15) is 18.0 Å². The molecule has 0 unspecified atom stereocenters. The first kappa shape index (κ1) is 19.4. The molecule has 25 heavy (non-hydrogen) atoms. The monoisotopic (exact) mass is 368 g/mol. The molecule has 0 bridgehead atoms. The van der Waals surface area contributed by atoms with Crippen molar-refractivity contribution >= 4 is 21.9 Å². The van der Waals surface area contributed by atoms with Crippen molar-refractivity contribution < 1.29 is 22.7 Å². The number of nitrogens with zero attached hydrogens (tertiary/aromatic N) is 1. The maximum absolute atomic E-state index is 13.0. The second-order valence-corrected chi connectivity index (χ2v) is 8.45. The zero-order valence-electron chi connectivity index (χ0n) is 14.7. The fraction of sp³-hybridized carbons (Fsp3) is 0.529. The van der Waals surface area contributed by atoms with E-state index in [2.05, 4.69) is 6.92 Å². The largest absolute Gasteiger partial charge is 0.452 e. The summed E-state index contributed by atoms with van der Waals surface area (Å²) in [6, 6.07) is 2.87. The van der Waals surface area contributed by atoms with E-state index < -0.39 is 28.5 Å². The molecular weight excluding hydrogens is 344 g/mol. The fourth-order valence-corrected chi connectivity index (χ4v) is 4.59. The van der Waals surface area contributed by atoms with Gasteiger partial charge in [-0.15, -0.1) is 0 Å². The number of hydrogen-bond donors (Lipinski definition) is 1. The van der Waals surface area contributed by atoms with Crippen LogP contribution in [0, 0.1) is 19.8 Å². The average Bonchev–Trinajstić information content (AvgIpc) is 2.55.